The summed E-state index contributed by atoms with van der Waals surface area (Å²) in [6, 6.07) is 0. The molecule has 0 saturated heterocycles. The predicted octanol–water partition coefficient (Wildman–Crippen LogP) is 21.2. The van der Waals surface area contributed by atoms with Gasteiger partial charge in [0.2, 0.25) is 0 Å². The molecule has 0 aromatic rings. The first-order valence-corrected chi connectivity index (χ1v) is 41.0. The summed E-state index contributed by atoms with van der Waals surface area (Å²) in [6.45, 7) is 9.58. The third-order valence-corrected chi connectivity index (χ3v) is 18.9. The summed E-state index contributed by atoms with van der Waals surface area (Å²) in [6.07, 6.45) is 51.1. The summed E-state index contributed by atoms with van der Waals surface area (Å²) in [5.41, 5.74) is 0. The van der Waals surface area contributed by atoms with Gasteiger partial charge in [-0.15, -0.1) is 0 Å². The van der Waals surface area contributed by atoms with Crippen LogP contribution in [-0.2, 0) is 65.4 Å². The van der Waals surface area contributed by atoms with Crippen LogP contribution in [0.1, 0.15) is 375 Å². The number of esters is 4. The normalized spacial score (nSPS) is 14.1. The second-order valence-corrected chi connectivity index (χ2v) is 30.2. The number of carbonyl (C=O) groups excluding carboxylic acids is 4. The van der Waals surface area contributed by atoms with Crippen LogP contribution in [0.2, 0.25) is 0 Å². The topological polar surface area (TPSA) is 237 Å². The Balaban J connectivity index is 5.25. The fourth-order valence-electron chi connectivity index (χ4n) is 11.1. The first-order chi connectivity index (χ1) is 44.4. The minimum atomic E-state index is -4.95. The summed E-state index contributed by atoms with van der Waals surface area (Å²) >= 11 is 0. The molecule has 0 bridgehead atoms. The Bertz CT molecular complexity index is 1790. The highest BCUT2D eigenvalue weighted by molar-refractivity contribution is 7.47. The van der Waals surface area contributed by atoms with E-state index in [1.54, 1.807) is 0 Å². The molecule has 0 rings (SSSR count). The maximum absolute atomic E-state index is 13.0. The molecule has 92 heavy (non-hydrogen) atoms. The molecule has 0 aliphatic rings. The fourth-order valence-corrected chi connectivity index (χ4v) is 12.7. The van der Waals surface area contributed by atoms with Crippen molar-refractivity contribution in [1.82, 2.24) is 0 Å². The van der Waals surface area contributed by atoms with Crippen LogP contribution in [0.5, 0.6) is 0 Å². The van der Waals surface area contributed by atoms with Gasteiger partial charge in [0.15, 0.2) is 12.2 Å². The van der Waals surface area contributed by atoms with Gasteiger partial charge in [0.1, 0.15) is 19.3 Å². The molecule has 0 spiro atoms. The SMILES string of the molecule is CCCCCCCCCCCCCCCCC(=O)O[C@H](COC(=O)CCCCCCCCCCCC)COP(=O)(O)OC[C@H](O)COP(=O)(O)OC[C@@H](COC(=O)CCCCCCCCCCCCCC(C)C)OC(=O)CCCCCCCCCCCCCC(C)C. The van der Waals surface area contributed by atoms with Crippen LogP contribution in [0.15, 0.2) is 0 Å². The molecule has 17 nitrogen and oxygen atoms in total. The van der Waals surface area contributed by atoms with Crippen molar-refractivity contribution in [1.29, 1.82) is 0 Å². The lowest BCUT2D eigenvalue weighted by atomic mass is 10.0. The molecule has 0 heterocycles. The average Bonchev–Trinajstić information content (AvgIpc) is 2.98. The molecule has 0 saturated carbocycles. The van der Waals surface area contributed by atoms with Gasteiger partial charge >= 0.3 is 39.5 Å². The zero-order valence-electron chi connectivity index (χ0n) is 59.9. The van der Waals surface area contributed by atoms with Crippen LogP contribution < -0.4 is 0 Å². The first-order valence-electron chi connectivity index (χ1n) is 38.0. The maximum atomic E-state index is 13.0. The second kappa shape index (κ2) is 65.0. The number of rotatable bonds is 72. The van der Waals surface area contributed by atoms with Gasteiger partial charge in [-0.05, 0) is 37.5 Å². The van der Waals surface area contributed by atoms with Crippen molar-refractivity contribution in [3.63, 3.8) is 0 Å². The Morgan fingerprint density at radius 2 is 0.500 bits per heavy atom. The van der Waals surface area contributed by atoms with E-state index >= 15 is 0 Å². The van der Waals surface area contributed by atoms with Gasteiger partial charge in [-0.25, -0.2) is 9.13 Å². The van der Waals surface area contributed by atoms with Gasteiger partial charge in [-0.3, -0.25) is 37.3 Å². The monoisotopic (exact) mass is 1350 g/mol. The van der Waals surface area contributed by atoms with Crippen molar-refractivity contribution in [2.75, 3.05) is 39.6 Å². The van der Waals surface area contributed by atoms with Gasteiger partial charge in [0.25, 0.3) is 0 Å². The van der Waals surface area contributed by atoms with Gasteiger partial charge in [-0.2, -0.15) is 0 Å². The second-order valence-electron chi connectivity index (χ2n) is 27.3. The molecular weight excluding hydrogens is 1210 g/mol. The molecule has 0 radical (unpaired) electrons. The lowest BCUT2D eigenvalue weighted by molar-refractivity contribution is -0.161. The van der Waals surface area contributed by atoms with E-state index < -0.39 is 97.5 Å². The Morgan fingerprint density at radius 1 is 0.293 bits per heavy atom. The Hall–Kier alpha value is -1.94. The predicted molar refractivity (Wildman–Crippen MR) is 372 cm³/mol. The van der Waals surface area contributed by atoms with Gasteiger partial charge in [0, 0.05) is 25.7 Å². The Morgan fingerprint density at radius 3 is 0.739 bits per heavy atom. The fraction of sp³-hybridized carbons (Fsp3) is 0.945. The highest BCUT2D eigenvalue weighted by Gasteiger charge is 2.30. The lowest BCUT2D eigenvalue weighted by Gasteiger charge is -2.21. The van der Waals surface area contributed by atoms with Crippen LogP contribution >= 0.6 is 15.6 Å². The van der Waals surface area contributed by atoms with E-state index in [1.165, 1.54) is 193 Å². The Kier molecular flexibility index (Phi) is 63.7. The number of hydrogen-bond donors (Lipinski definition) is 3. The minimum Gasteiger partial charge on any atom is -0.462 e. The quantitative estimate of drug-likeness (QED) is 0.0222. The third-order valence-electron chi connectivity index (χ3n) is 17.0. The van der Waals surface area contributed by atoms with Crippen LogP contribution in [0.25, 0.3) is 0 Å². The van der Waals surface area contributed by atoms with Crippen molar-refractivity contribution in [3.05, 3.63) is 0 Å². The van der Waals surface area contributed by atoms with E-state index in [9.17, 15) is 43.2 Å². The summed E-state index contributed by atoms with van der Waals surface area (Å²) in [5.74, 6) is -0.582. The number of aliphatic hydroxyl groups excluding tert-OH is 1. The molecule has 0 aromatic carbocycles. The number of carbonyl (C=O) groups is 4. The molecule has 2 unspecified atom stereocenters. The Labute approximate surface area is 562 Å². The van der Waals surface area contributed by atoms with Crippen LogP contribution in [0.3, 0.4) is 0 Å². The molecule has 0 aliphatic carbocycles. The third kappa shape index (κ3) is 66.7. The number of ether oxygens (including phenoxy) is 4. The van der Waals surface area contributed by atoms with Crippen LogP contribution in [-0.4, -0.2) is 96.7 Å². The molecule has 19 heteroatoms. The van der Waals surface area contributed by atoms with E-state index in [1.807, 2.05) is 0 Å². The first kappa shape index (κ1) is 90.1. The summed E-state index contributed by atoms with van der Waals surface area (Å²) in [5, 5.41) is 10.6. The van der Waals surface area contributed by atoms with Crippen molar-refractivity contribution in [3.8, 4) is 0 Å². The maximum Gasteiger partial charge on any atom is 0.472 e. The van der Waals surface area contributed by atoms with E-state index in [-0.39, 0.29) is 25.7 Å². The molecule has 3 N–H and O–H groups in total. The molecular formula is C73H142O17P2. The number of phosphoric acid groups is 2. The van der Waals surface area contributed by atoms with E-state index in [4.69, 9.17) is 37.0 Å². The summed E-state index contributed by atoms with van der Waals surface area (Å²) in [4.78, 5) is 72.7. The van der Waals surface area contributed by atoms with Gasteiger partial charge in [-0.1, -0.05) is 324 Å². The van der Waals surface area contributed by atoms with E-state index in [2.05, 4.69) is 41.5 Å². The minimum absolute atomic E-state index is 0.106. The number of unbranched alkanes of at least 4 members (excludes halogenated alkanes) is 42. The highest BCUT2D eigenvalue weighted by Crippen LogP contribution is 2.45. The zero-order chi connectivity index (χ0) is 67.9. The van der Waals surface area contributed by atoms with Crippen LogP contribution in [0, 0.1) is 11.8 Å². The van der Waals surface area contributed by atoms with E-state index in [0.29, 0.717) is 25.7 Å². The largest absolute Gasteiger partial charge is 0.472 e. The van der Waals surface area contributed by atoms with Gasteiger partial charge < -0.3 is 33.8 Å². The summed E-state index contributed by atoms with van der Waals surface area (Å²) in [7, 11) is -9.90. The molecule has 0 aliphatic heterocycles. The lowest BCUT2D eigenvalue weighted by Crippen LogP contribution is -2.30. The average molecular weight is 1350 g/mol. The zero-order valence-corrected chi connectivity index (χ0v) is 61.6. The van der Waals surface area contributed by atoms with E-state index in [0.717, 1.165) is 102 Å². The number of hydrogen-bond acceptors (Lipinski definition) is 15. The number of aliphatic hydroxyl groups is 1. The summed E-state index contributed by atoms with van der Waals surface area (Å²) < 4.78 is 68.4. The molecule has 0 fully saturated rings. The van der Waals surface area contributed by atoms with Crippen molar-refractivity contribution in [2.24, 2.45) is 11.8 Å². The van der Waals surface area contributed by atoms with Crippen molar-refractivity contribution in [2.45, 2.75) is 394 Å². The smallest absolute Gasteiger partial charge is 0.462 e. The standard InChI is InChI=1S/C73H142O17P2/c1-7-9-11-13-15-17-19-20-21-26-33-39-45-51-57-72(77)89-68(61-83-70(75)55-49-43-37-31-18-16-14-12-10-8-2)63-87-91(79,80)85-59-67(74)60-86-92(81,82)88-64-69(90-73(78)58-52-46-40-34-28-23-25-30-36-42-48-54-66(5)6)62-84-71(76)56-50-44-38-32-27-22-24-29-35-41-47-53-65(3)4/h65-69,74H,7-64H2,1-6H3,(H,79,80)(H,81,82)/t67-,68+,69+/m0/s1. The molecule has 546 valence electrons. The van der Waals surface area contributed by atoms with Crippen molar-refractivity contribution >= 4 is 39.5 Å². The molecule has 0 amide bonds. The highest BCUT2D eigenvalue weighted by atomic mass is 31.2. The van der Waals surface area contributed by atoms with Crippen LogP contribution in [0.4, 0.5) is 0 Å². The molecule has 5 atom stereocenters. The van der Waals surface area contributed by atoms with Crippen molar-refractivity contribution < 1.29 is 80.2 Å². The molecule has 0 aromatic heterocycles. The van der Waals surface area contributed by atoms with Gasteiger partial charge in [0.05, 0.1) is 26.4 Å². The number of phosphoric ester groups is 2.